The van der Waals surface area contributed by atoms with E-state index in [9.17, 15) is 4.79 Å². The van der Waals surface area contributed by atoms with Crippen LogP contribution in [0.5, 0.6) is 5.75 Å². The fraction of sp³-hybridized carbons (Fsp3) is 0.286. The van der Waals surface area contributed by atoms with E-state index in [1.165, 1.54) is 10.7 Å². The highest BCUT2D eigenvalue weighted by Gasteiger charge is 2.28. The maximum Gasteiger partial charge on any atom is 0.329 e. The Kier molecular flexibility index (Phi) is 4.65. The third kappa shape index (κ3) is 3.26. The Morgan fingerprint density at radius 3 is 2.82 bits per heavy atom. The molecule has 0 spiro atoms. The zero-order valence-corrected chi connectivity index (χ0v) is 14.2. The van der Waals surface area contributed by atoms with Crippen LogP contribution in [0.4, 0.5) is 0 Å². The second-order valence-corrected chi connectivity index (χ2v) is 6.66. The van der Waals surface area contributed by atoms with Gasteiger partial charge in [0.25, 0.3) is 0 Å². The first-order valence-electron chi connectivity index (χ1n) is 6.41. The van der Waals surface area contributed by atoms with E-state index < -0.39 is 0 Å². The third-order valence-corrected chi connectivity index (χ3v) is 4.79. The smallest absolute Gasteiger partial charge is 0.329 e. The Bertz CT molecular complexity index is 831. The van der Waals surface area contributed by atoms with E-state index >= 15 is 0 Å². The second-order valence-electron chi connectivity index (χ2n) is 4.69. The van der Waals surface area contributed by atoms with Crippen molar-refractivity contribution in [3.05, 3.63) is 36.9 Å². The lowest BCUT2D eigenvalue weighted by Gasteiger charge is -2.09. The minimum absolute atomic E-state index is 0.0869. The molecule has 22 heavy (non-hydrogen) atoms. The highest BCUT2D eigenvalue weighted by Crippen LogP contribution is 2.40. The van der Waals surface area contributed by atoms with Crippen LogP contribution in [0.2, 0.25) is 10.0 Å². The summed E-state index contributed by atoms with van der Waals surface area (Å²) in [7, 11) is 0. The molecule has 1 aliphatic carbocycles. The van der Waals surface area contributed by atoms with E-state index in [4.69, 9.17) is 39.5 Å². The van der Waals surface area contributed by atoms with Crippen LogP contribution in [0.3, 0.4) is 0 Å². The molecule has 0 bridgehead atoms. The largest absolute Gasteiger partial charge is 0.479 e. The Balaban J connectivity index is 1.99. The van der Waals surface area contributed by atoms with Gasteiger partial charge in [0.1, 0.15) is 17.4 Å². The maximum atomic E-state index is 12.1. The number of hydrogen-bond acceptors (Lipinski definition) is 4. The van der Waals surface area contributed by atoms with Gasteiger partial charge in [-0.3, -0.25) is 4.79 Å². The predicted molar refractivity (Wildman–Crippen MR) is 88.8 cm³/mol. The lowest BCUT2D eigenvalue weighted by Crippen LogP contribution is -2.13. The molecule has 0 aliphatic heterocycles. The van der Waals surface area contributed by atoms with Crippen LogP contribution in [-0.4, -0.2) is 16.4 Å². The molecule has 0 amide bonds. The third-order valence-electron chi connectivity index (χ3n) is 3.09. The summed E-state index contributed by atoms with van der Waals surface area (Å²) >= 11 is 18.7. The summed E-state index contributed by atoms with van der Waals surface area (Å²) in [5.74, 6) is 3.33. The number of benzene rings is 1. The molecule has 4 nitrogen and oxygen atoms in total. The second kappa shape index (κ2) is 6.51. The summed E-state index contributed by atoms with van der Waals surface area (Å²) in [6, 6.07) is 3.10. The Hall–Kier alpha value is -1.19. The summed E-state index contributed by atoms with van der Waals surface area (Å²) in [6.45, 7) is 0.0869. The van der Waals surface area contributed by atoms with Gasteiger partial charge in [0, 0.05) is 17.4 Å². The molecule has 114 valence electrons. The molecule has 1 fully saturated rings. The van der Waals surface area contributed by atoms with Gasteiger partial charge in [-0.05, 0) is 36.4 Å². The van der Waals surface area contributed by atoms with Gasteiger partial charge >= 0.3 is 4.87 Å². The first-order valence-corrected chi connectivity index (χ1v) is 8.36. The van der Waals surface area contributed by atoms with Gasteiger partial charge in [0.05, 0.1) is 15.7 Å². The van der Waals surface area contributed by atoms with Crippen molar-refractivity contribution in [1.82, 2.24) is 9.78 Å². The average molecular weight is 376 g/mol. The number of hydrogen-bond donors (Lipinski definition) is 0. The van der Waals surface area contributed by atoms with Gasteiger partial charge in [-0.1, -0.05) is 34.5 Å². The number of nitrogens with zero attached hydrogens (tertiary/aromatic N) is 2. The normalized spacial score (nSPS) is 13.6. The first-order chi connectivity index (χ1) is 10.6. The van der Waals surface area contributed by atoms with Crippen molar-refractivity contribution < 1.29 is 4.74 Å². The SMILES string of the molecule is O=c1sc(C2CC2)nn1-c1cc(OCC#CCl)c(Cl)cc1Cl. The number of aromatic nitrogens is 2. The molecule has 3 rings (SSSR count). The van der Waals surface area contributed by atoms with Crippen molar-refractivity contribution in [3.8, 4) is 22.7 Å². The van der Waals surface area contributed by atoms with Gasteiger partial charge in [-0.25, -0.2) is 0 Å². The van der Waals surface area contributed by atoms with Crippen molar-refractivity contribution in [1.29, 1.82) is 0 Å². The van der Waals surface area contributed by atoms with E-state index in [-0.39, 0.29) is 11.5 Å². The molecule has 2 aromatic rings. The predicted octanol–water partition coefficient (Wildman–Crippen LogP) is 4.06. The lowest BCUT2D eigenvalue weighted by atomic mass is 10.3. The van der Waals surface area contributed by atoms with E-state index in [0.29, 0.717) is 27.4 Å². The fourth-order valence-corrected chi connectivity index (χ4v) is 3.37. The Morgan fingerprint density at radius 2 is 2.14 bits per heavy atom. The van der Waals surface area contributed by atoms with E-state index in [1.54, 1.807) is 6.07 Å². The van der Waals surface area contributed by atoms with Crippen LogP contribution in [0.1, 0.15) is 23.8 Å². The lowest BCUT2D eigenvalue weighted by molar-refractivity contribution is 0.370. The highest BCUT2D eigenvalue weighted by atomic mass is 35.5. The molecule has 1 saturated carbocycles. The zero-order valence-electron chi connectivity index (χ0n) is 11.1. The van der Waals surface area contributed by atoms with Gasteiger partial charge in [0.2, 0.25) is 0 Å². The molecule has 1 heterocycles. The van der Waals surface area contributed by atoms with Crippen molar-refractivity contribution in [3.63, 3.8) is 0 Å². The van der Waals surface area contributed by atoms with Crippen LogP contribution < -0.4 is 9.61 Å². The molecule has 0 N–H and O–H groups in total. The van der Waals surface area contributed by atoms with Crippen LogP contribution in [-0.2, 0) is 0 Å². The molecule has 0 unspecified atom stereocenters. The van der Waals surface area contributed by atoms with Crippen molar-refractivity contribution in [2.45, 2.75) is 18.8 Å². The molecular formula is C14H9Cl3N2O2S. The molecule has 0 atom stereocenters. The van der Waals surface area contributed by atoms with Crippen molar-refractivity contribution in [2.75, 3.05) is 6.61 Å². The summed E-state index contributed by atoms with van der Waals surface area (Å²) in [5, 5.41) is 8.07. The summed E-state index contributed by atoms with van der Waals surface area (Å²) in [5.41, 5.74) is 0.438. The van der Waals surface area contributed by atoms with E-state index in [1.807, 2.05) is 0 Å². The van der Waals surface area contributed by atoms with E-state index in [2.05, 4.69) is 16.4 Å². The summed E-state index contributed by atoms with van der Waals surface area (Å²) in [6.07, 6.45) is 2.15. The number of ether oxygens (including phenoxy) is 1. The van der Waals surface area contributed by atoms with Gasteiger partial charge in [-0.2, -0.15) is 9.78 Å². The molecular weight excluding hydrogens is 367 g/mol. The molecule has 1 aromatic carbocycles. The highest BCUT2D eigenvalue weighted by molar-refractivity contribution is 7.09. The number of halogens is 3. The fourth-order valence-electron chi connectivity index (χ4n) is 1.87. The molecule has 0 radical (unpaired) electrons. The standard InChI is InChI=1S/C14H9Cl3N2O2S/c15-4-1-5-21-12-7-11(9(16)6-10(12)17)19-14(20)22-13(18-19)8-2-3-8/h6-8H,2-3,5H2. The summed E-state index contributed by atoms with van der Waals surface area (Å²) < 4.78 is 6.70. The quantitative estimate of drug-likeness (QED) is 0.757. The summed E-state index contributed by atoms with van der Waals surface area (Å²) in [4.78, 5) is 11.9. The topological polar surface area (TPSA) is 44.1 Å². The Morgan fingerprint density at radius 1 is 1.36 bits per heavy atom. The van der Waals surface area contributed by atoms with Gasteiger partial charge in [-0.15, -0.1) is 0 Å². The van der Waals surface area contributed by atoms with Crippen LogP contribution in [0.15, 0.2) is 16.9 Å². The van der Waals surface area contributed by atoms with E-state index in [0.717, 1.165) is 29.2 Å². The van der Waals surface area contributed by atoms with Crippen LogP contribution in [0.25, 0.3) is 5.69 Å². The van der Waals surface area contributed by atoms with Crippen molar-refractivity contribution >= 4 is 46.1 Å². The Labute approximate surface area is 145 Å². The number of rotatable bonds is 4. The first kappa shape index (κ1) is 15.7. The van der Waals surface area contributed by atoms with Gasteiger partial charge < -0.3 is 4.74 Å². The molecule has 0 saturated heterocycles. The molecule has 8 heteroatoms. The van der Waals surface area contributed by atoms with Crippen LogP contribution >= 0.6 is 46.1 Å². The van der Waals surface area contributed by atoms with Crippen LogP contribution in [0, 0.1) is 11.3 Å². The zero-order chi connectivity index (χ0) is 15.7. The average Bonchev–Trinajstić information content (AvgIpc) is 3.25. The monoisotopic (exact) mass is 374 g/mol. The van der Waals surface area contributed by atoms with Crippen molar-refractivity contribution in [2.24, 2.45) is 0 Å². The maximum absolute atomic E-state index is 12.1. The molecule has 1 aliphatic rings. The van der Waals surface area contributed by atoms with Gasteiger partial charge in [0.15, 0.2) is 0 Å². The minimum Gasteiger partial charge on any atom is -0.479 e. The molecule has 1 aromatic heterocycles. The minimum atomic E-state index is -0.183.